The first-order valence-corrected chi connectivity index (χ1v) is 4.01. The van der Waals surface area contributed by atoms with Crippen LogP contribution < -0.4 is 0 Å². The molecule has 0 amide bonds. The van der Waals surface area contributed by atoms with Gasteiger partial charge < -0.3 is 9.52 Å². The van der Waals surface area contributed by atoms with E-state index in [0.29, 0.717) is 5.58 Å². The van der Waals surface area contributed by atoms with E-state index in [1.54, 1.807) is 0 Å². The van der Waals surface area contributed by atoms with Crippen molar-refractivity contribution in [2.45, 2.75) is 6.92 Å². The SMILES string of the molecule is CC(=O)c1oc2ccc(F)cc2c1O. The number of Topliss-reactive ketones (excluding diaryl/α,β-unsaturated/α-hetero) is 1. The van der Waals surface area contributed by atoms with Gasteiger partial charge in [-0.1, -0.05) is 0 Å². The van der Waals surface area contributed by atoms with E-state index in [2.05, 4.69) is 0 Å². The number of furan rings is 1. The van der Waals surface area contributed by atoms with Gasteiger partial charge in [0.25, 0.3) is 0 Å². The van der Waals surface area contributed by atoms with Gasteiger partial charge in [0, 0.05) is 6.92 Å². The molecule has 0 aliphatic rings. The zero-order chi connectivity index (χ0) is 10.3. The van der Waals surface area contributed by atoms with Crippen LogP contribution in [0.1, 0.15) is 17.5 Å². The Morgan fingerprint density at radius 2 is 2.21 bits per heavy atom. The topological polar surface area (TPSA) is 50.4 Å². The van der Waals surface area contributed by atoms with Gasteiger partial charge in [0.2, 0.25) is 5.76 Å². The van der Waals surface area contributed by atoms with E-state index in [1.807, 2.05) is 0 Å². The van der Waals surface area contributed by atoms with E-state index >= 15 is 0 Å². The second-order valence-corrected chi connectivity index (χ2v) is 2.98. The van der Waals surface area contributed by atoms with Crippen molar-refractivity contribution < 1.29 is 18.7 Å². The lowest BCUT2D eigenvalue weighted by Crippen LogP contribution is -1.87. The molecule has 3 nitrogen and oxygen atoms in total. The molecule has 1 aromatic heterocycles. The summed E-state index contributed by atoms with van der Waals surface area (Å²) in [7, 11) is 0. The van der Waals surface area contributed by atoms with Crippen LogP contribution in [0.2, 0.25) is 0 Å². The molecule has 14 heavy (non-hydrogen) atoms. The third-order valence-electron chi connectivity index (χ3n) is 1.94. The molecule has 72 valence electrons. The number of fused-ring (bicyclic) bond motifs is 1. The lowest BCUT2D eigenvalue weighted by atomic mass is 10.2. The Balaban J connectivity index is 2.80. The molecule has 0 radical (unpaired) electrons. The zero-order valence-electron chi connectivity index (χ0n) is 7.37. The minimum absolute atomic E-state index is 0.134. The van der Waals surface area contributed by atoms with Crippen LogP contribution in [-0.2, 0) is 0 Å². The van der Waals surface area contributed by atoms with E-state index in [0.717, 1.165) is 6.07 Å². The Morgan fingerprint density at radius 1 is 1.50 bits per heavy atom. The van der Waals surface area contributed by atoms with E-state index in [4.69, 9.17) is 4.42 Å². The van der Waals surface area contributed by atoms with Crippen molar-refractivity contribution in [3.8, 4) is 5.75 Å². The summed E-state index contributed by atoms with van der Waals surface area (Å²) >= 11 is 0. The number of hydrogen-bond acceptors (Lipinski definition) is 3. The van der Waals surface area contributed by atoms with Crippen molar-refractivity contribution >= 4 is 16.8 Å². The lowest BCUT2D eigenvalue weighted by Gasteiger charge is -1.88. The van der Waals surface area contributed by atoms with Crippen LogP contribution in [0.3, 0.4) is 0 Å². The molecule has 0 spiro atoms. The van der Waals surface area contributed by atoms with Gasteiger partial charge >= 0.3 is 0 Å². The molecule has 0 atom stereocenters. The number of halogens is 1. The highest BCUT2D eigenvalue weighted by Gasteiger charge is 2.16. The van der Waals surface area contributed by atoms with Gasteiger partial charge in [0.15, 0.2) is 11.5 Å². The highest BCUT2D eigenvalue weighted by atomic mass is 19.1. The average Bonchev–Trinajstić information content (AvgIpc) is 2.44. The molecule has 0 aliphatic heterocycles. The molecule has 1 heterocycles. The Kier molecular flexibility index (Phi) is 1.77. The van der Waals surface area contributed by atoms with Crippen molar-refractivity contribution in [1.29, 1.82) is 0 Å². The Morgan fingerprint density at radius 3 is 2.86 bits per heavy atom. The quantitative estimate of drug-likeness (QED) is 0.709. The van der Waals surface area contributed by atoms with Crippen LogP contribution in [0, 0.1) is 5.82 Å². The van der Waals surface area contributed by atoms with Crippen LogP contribution in [0.4, 0.5) is 4.39 Å². The van der Waals surface area contributed by atoms with Gasteiger partial charge in [0.1, 0.15) is 11.4 Å². The number of benzene rings is 1. The molecule has 0 bridgehead atoms. The van der Waals surface area contributed by atoms with Gasteiger partial charge in [-0.15, -0.1) is 0 Å². The first-order chi connectivity index (χ1) is 6.59. The maximum absolute atomic E-state index is 12.8. The van der Waals surface area contributed by atoms with Crippen LogP contribution in [0.5, 0.6) is 5.75 Å². The number of ketones is 1. The fraction of sp³-hybridized carbons (Fsp3) is 0.100. The Labute approximate surface area is 78.8 Å². The first-order valence-electron chi connectivity index (χ1n) is 4.01. The maximum Gasteiger partial charge on any atom is 0.212 e. The summed E-state index contributed by atoms with van der Waals surface area (Å²) < 4.78 is 17.8. The second-order valence-electron chi connectivity index (χ2n) is 2.98. The summed E-state index contributed by atoms with van der Waals surface area (Å²) in [4.78, 5) is 11.0. The molecule has 0 unspecified atom stereocenters. The minimum atomic E-state index is -0.483. The molecule has 0 aliphatic carbocycles. The Bertz CT molecular complexity index is 513. The number of carbonyl (C=O) groups excluding carboxylic acids is 1. The highest BCUT2D eigenvalue weighted by Crippen LogP contribution is 2.32. The molecular formula is C10H7FO3. The van der Waals surface area contributed by atoms with E-state index < -0.39 is 5.82 Å². The molecular weight excluding hydrogens is 187 g/mol. The molecule has 4 heteroatoms. The number of hydrogen-bond donors (Lipinski definition) is 1. The van der Waals surface area contributed by atoms with Crippen LogP contribution in [-0.4, -0.2) is 10.9 Å². The third kappa shape index (κ3) is 1.16. The summed E-state index contributed by atoms with van der Waals surface area (Å²) in [5, 5.41) is 9.72. The first kappa shape index (κ1) is 8.74. The van der Waals surface area contributed by atoms with Gasteiger partial charge in [0.05, 0.1) is 5.39 Å². The van der Waals surface area contributed by atoms with Gasteiger partial charge in [-0.25, -0.2) is 4.39 Å². The van der Waals surface area contributed by atoms with Gasteiger partial charge in [-0.05, 0) is 18.2 Å². The fourth-order valence-electron chi connectivity index (χ4n) is 1.30. The molecule has 0 fully saturated rings. The summed E-state index contributed by atoms with van der Waals surface area (Å²) in [5.74, 6) is -1.31. The molecule has 0 saturated heterocycles. The zero-order valence-corrected chi connectivity index (χ0v) is 7.37. The van der Waals surface area contributed by atoms with Crippen molar-refractivity contribution in [3.63, 3.8) is 0 Å². The molecule has 1 aromatic carbocycles. The second kappa shape index (κ2) is 2.83. The summed E-state index contributed by atoms with van der Waals surface area (Å²) in [6.07, 6.45) is 0. The Hall–Kier alpha value is -1.84. The van der Waals surface area contributed by atoms with Crippen molar-refractivity contribution in [1.82, 2.24) is 0 Å². The summed E-state index contributed by atoms with van der Waals surface area (Å²) in [6, 6.07) is 3.70. The molecule has 0 saturated carbocycles. The molecule has 1 N–H and O–H groups in total. The van der Waals surface area contributed by atoms with Gasteiger partial charge in [-0.2, -0.15) is 0 Å². The molecule has 2 rings (SSSR count). The van der Waals surface area contributed by atoms with E-state index in [1.165, 1.54) is 19.1 Å². The fourth-order valence-corrected chi connectivity index (χ4v) is 1.30. The molecule has 2 aromatic rings. The number of aromatic hydroxyl groups is 1. The smallest absolute Gasteiger partial charge is 0.212 e. The van der Waals surface area contributed by atoms with Crippen molar-refractivity contribution in [2.24, 2.45) is 0 Å². The monoisotopic (exact) mass is 194 g/mol. The average molecular weight is 194 g/mol. The summed E-state index contributed by atoms with van der Waals surface area (Å²) in [6.45, 7) is 1.27. The summed E-state index contributed by atoms with van der Waals surface area (Å²) in [5.41, 5.74) is 0.300. The predicted molar refractivity (Wildman–Crippen MR) is 47.8 cm³/mol. The van der Waals surface area contributed by atoms with Crippen LogP contribution in [0.15, 0.2) is 22.6 Å². The maximum atomic E-state index is 12.8. The van der Waals surface area contributed by atoms with Crippen molar-refractivity contribution in [3.05, 3.63) is 29.8 Å². The highest BCUT2D eigenvalue weighted by molar-refractivity contribution is 6.01. The van der Waals surface area contributed by atoms with Crippen LogP contribution >= 0.6 is 0 Å². The van der Waals surface area contributed by atoms with Crippen molar-refractivity contribution in [2.75, 3.05) is 0 Å². The third-order valence-corrected chi connectivity index (χ3v) is 1.94. The largest absolute Gasteiger partial charge is 0.504 e. The standard InChI is InChI=1S/C10H7FO3/c1-5(12)10-9(13)7-4-6(11)2-3-8(7)14-10/h2-4,13H,1H3. The predicted octanol–water partition coefficient (Wildman–Crippen LogP) is 2.48. The van der Waals surface area contributed by atoms with Crippen LogP contribution in [0.25, 0.3) is 11.0 Å². The minimum Gasteiger partial charge on any atom is -0.504 e. The van der Waals surface area contributed by atoms with E-state index in [9.17, 15) is 14.3 Å². The van der Waals surface area contributed by atoms with Gasteiger partial charge in [-0.3, -0.25) is 4.79 Å². The number of rotatable bonds is 1. The van der Waals surface area contributed by atoms with E-state index in [-0.39, 0.29) is 22.7 Å². The normalized spacial score (nSPS) is 10.7. The number of carbonyl (C=O) groups is 1. The lowest BCUT2D eigenvalue weighted by molar-refractivity contribution is 0.0985.